The number of aliphatic hydroxyl groups is 1. The molecule has 0 radical (unpaired) electrons. The fourth-order valence-corrected chi connectivity index (χ4v) is 1.95. The van der Waals surface area contributed by atoms with Crippen molar-refractivity contribution in [2.24, 2.45) is 11.6 Å². The average molecular weight is 440 g/mol. The SMILES string of the molecule is CCOCCOCCOCCOCCOCCOCCOCCN(N)/C=C(\N)CO. The van der Waals surface area contributed by atoms with Crippen LogP contribution < -0.4 is 11.6 Å². The van der Waals surface area contributed by atoms with Gasteiger partial charge in [-0.2, -0.15) is 0 Å². The van der Waals surface area contributed by atoms with E-state index in [-0.39, 0.29) is 6.61 Å². The molecule has 0 saturated heterocycles. The number of nitrogens with zero attached hydrogens (tertiary/aromatic N) is 1. The fraction of sp³-hybridized carbons (Fsp3) is 0.895. The molecule has 0 aromatic heterocycles. The lowest BCUT2D eigenvalue weighted by molar-refractivity contribution is -0.0204. The Bertz CT molecular complexity index is 378. The lowest BCUT2D eigenvalue weighted by Crippen LogP contribution is -2.30. The molecule has 0 rings (SSSR count). The maximum absolute atomic E-state index is 8.78. The average Bonchev–Trinajstić information content (AvgIpc) is 2.74. The summed E-state index contributed by atoms with van der Waals surface area (Å²) in [5.74, 6) is 5.65. The van der Waals surface area contributed by atoms with Crippen molar-refractivity contribution in [3.05, 3.63) is 11.9 Å². The van der Waals surface area contributed by atoms with Crippen LogP contribution in [-0.4, -0.2) is 116 Å². The second-order valence-corrected chi connectivity index (χ2v) is 5.97. The Kier molecular flexibility index (Phi) is 23.4. The van der Waals surface area contributed by atoms with Crippen molar-refractivity contribution in [1.29, 1.82) is 0 Å². The zero-order valence-electron chi connectivity index (χ0n) is 18.3. The zero-order valence-corrected chi connectivity index (χ0v) is 18.3. The van der Waals surface area contributed by atoms with Crippen molar-refractivity contribution in [2.45, 2.75) is 6.92 Å². The number of hydrogen-bond acceptors (Lipinski definition) is 11. The van der Waals surface area contributed by atoms with E-state index in [1.165, 1.54) is 11.2 Å². The van der Waals surface area contributed by atoms with Gasteiger partial charge in [-0.25, -0.2) is 5.84 Å². The first kappa shape index (κ1) is 29.0. The van der Waals surface area contributed by atoms with Gasteiger partial charge in [-0.15, -0.1) is 0 Å². The van der Waals surface area contributed by atoms with Crippen molar-refractivity contribution < 1.29 is 38.3 Å². The topological polar surface area (TPSA) is 140 Å². The Hall–Kier alpha value is -1.02. The number of rotatable bonds is 24. The van der Waals surface area contributed by atoms with Gasteiger partial charge in [0.2, 0.25) is 0 Å². The molecule has 0 spiro atoms. The van der Waals surface area contributed by atoms with Crippen LogP contribution in [0.3, 0.4) is 0 Å². The molecule has 0 amide bonds. The third-order valence-corrected chi connectivity index (χ3v) is 3.44. The first-order chi connectivity index (χ1) is 14.7. The van der Waals surface area contributed by atoms with Crippen LogP contribution in [0.1, 0.15) is 6.92 Å². The van der Waals surface area contributed by atoms with Crippen LogP contribution in [0.5, 0.6) is 0 Å². The van der Waals surface area contributed by atoms with Crippen LogP contribution in [-0.2, 0) is 33.2 Å². The summed E-state index contributed by atoms with van der Waals surface area (Å²) in [5.41, 5.74) is 5.75. The summed E-state index contributed by atoms with van der Waals surface area (Å²) < 4.78 is 37.5. The van der Waals surface area contributed by atoms with Gasteiger partial charge in [0.25, 0.3) is 0 Å². The summed E-state index contributed by atoms with van der Waals surface area (Å²) in [4.78, 5) is 0. The van der Waals surface area contributed by atoms with E-state index in [2.05, 4.69) is 0 Å². The van der Waals surface area contributed by atoms with Crippen molar-refractivity contribution in [2.75, 3.05) is 106 Å². The molecule has 0 aliphatic heterocycles. The summed E-state index contributed by atoms with van der Waals surface area (Å²) >= 11 is 0. The van der Waals surface area contributed by atoms with E-state index in [0.717, 1.165) is 0 Å². The molecule has 0 aliphatic rings. The molecule has 0 heterocycles. The molecule has 0 aromatic carbocycles. The standard InChI is InChI=1S/C19H41N3O8/c1-2-24-5-6-26-9-10-28-13-14-30-16-15-29-12-11-27-8-7-25-4-3-22(21)17-19(20)18-23/h17,23H,2-16,18,20-21H2,1H3/b19-17-. The Balaban J connectivity index is 3.11. The molecular formula is C19H41N3O8. The smallest absolute Gasteiger partial charge is 0.0840 e. The first-order valence-electron chi connectivity index (χ1n) is 10.3. The van der Waals surface area contributed by atoms with Crippen LogP contribution in [0.4, 0.5) is 0 Å². The molecule has 0 unspecified atom stereocenters. The third-order valence-electron chi connectivity index (χ3n) is 3.44. The molecule has 0 fully saturated rings. The van der Waals surface area contributed by atoms with Crippen molar-refractivity contribution in [3.8, 4) is 0 Å². The molecule has 11 nitrogen and oxygen atoms in total. The highest BCUT2D eigenvalue weighted by Gasteiger charge is 1.97. The molecule has 0 saturated carbocycles. The molecule has 0 aromatic rings. The van der Waals surface area contributed by atoms with E-state index in [1.54, 1.807) is 0 Å². The Morgan fingerprint density at radius 2 is 1.00 bits per heavy atom. The molecule has 11 heteroatoms. The van der Waals surface area contributed by atoms with Crippen LogP contribution in [0.2, 0.25) is 0 Å². The predicted octanol–water partition coefficient (Wildman–Crippen LogP) is -0.909. The van der Waals surface area contributed by atoms with E-state index in [0.29, 0.717) is 105 Å². The minimum atomic E-state index is -0.225. The monoisotopic (exact) mass is 439 g/mol. The van der Waals surface area contributed by atoms with Gasteiger partial charge < -0.3 is 49.0 Å². The van der Waals surface area contributed by atoms with Crippen LogP contribution in [0.15, 0.2) is 11.9 Å². The van der Waals surface area contributed by atoms with E-state index in [1.807, 2.05) is 6.92 Å². The number of ether oxygens (including phenoxy) is 7. The minimum Gasteiger partial charge on any atom is -0.399 e. The van der Waals surface area contributed by atoms with Crippen LogP contribution >= 0.6 is 0 Å². The molecule has 30 heavy (non-hydrogen) atoms. The van der Waals surface area contributed by atoms with Gasteiger partial charge in [-0.3, -0.25) is 0 Å². The first-order valence-corrected chi connectivity index (χ1v) is 10.3. The fourth-order valence-electron chi connectivity index (χ4n) is 1.95. The van der Waals surface area contributed by atoms with E-state index in [4.69, 9.17) is 49.8 Å². The maximum atomic E-state index is 8.78. The highest BCUT2D eigenvalue weighted by atomic mass is 16.6. The normalized spacial score (nSPS) is 11.9. The maximum Gasteiger partial charge on any atom is 0.0840 e. The van der Waals surface area contributed by atoms with Gasteiger partial charge in [0.15, 0.2) is 0 Å². The minimum absolute atomic E-state index is 0.225. The number of aliphatic hydroxyl groups excluding tert-OH is 1. The molecule has 0 aliphatic carbocycles. The Morgan fingerprint density at radius 3 is 1.33 bits per heavy atom. The van der Waals surface area contributed by atoms with Crippen LogP contribution in [0, 0.1) is 0 Å². The van der Waals surface area contributed by atoms with Crippen molar-refractivity contribution in [1.82, 2.24) is 5.01 Å². The third kappa shape index (κ3) is 23.3. The number of hydrogen-bond donors (Lipinski definition) is 3. The summed E-state index contributed by atoms with van der Waals surface area (Å²) in [7, 11) is 0. The zero-order chi connectivity index (χ0) is 22.1. The summed E-state index contributed by atoms with van der Waals surface area (Å²) in [6.45, 7) is 9.69. The van der Waals surface area contributed by atoms with E-state index >= 15 is 0 Å². The highest BCUT2D eigenvalue weighted by molar-refractivity contribution is 4.94. The number of nitrogens with two attached hydrogens (primary N) is 2. The molecule has 180 valence electrons. The molecule has 0 atom stereocenters. The summed E-state index contributed by atoms with van der Waals surface area (Å²) in [5, 5.41) is 10.1. The second-order valence-electron chi connectivity index (χ2n) is 5.97. The molecule has 0 bridgehead atoms. The lowest BCUT2D eigenvalue weighted by atomic mass is 10.5. The van der Waals surface area contributed by atoms with Crippen molar-refractivity contribution in [3.63, 3.8) is 0 Å². The lowest BCUT2D eigenvalue weighted by Gasteiger charge is -2.14. The van der Waals surface area contributed by atoms with Gasteiger partial charge in [-0.05, 0) is 6.92 Å². The van der Waals surface area contributed by atoms with Gasteiger partial charge in [0.1, 0.15) is 0 Å². The highest BCUT2D eigenvalue weighted by Crippen LogP contribution is 1.88. The second kappa shape index (κ2) is 24.3. The van der Waals surface area contributed by atoms with Crippen LogP contribution in [0.25, 0.3) is 0 Å². The predicted molar refractivity (Wildman–Crippen MR) is 112 cm³/mol. The summed E-state index contributed by atoms with van der Waals surface area (Å²) in [6.07, 6.45) is 1.47. The van der Waals surface area contributed by atoms with E-state index < -0.39 is 0 Å². The quantitative estimate of drug-likeness (QED) is 0.0978. The van der Waals surface area contributed by atoms with Crippen molar-refractivity contribution >= 4 is 0 Å². The number of hydrazine groups is 1. The van der Waals surface area contributed by atoms with E-state index in [9.17, 15) is 0 Å². The Morgan fingerprint density at radius 1 is 0.667 bits per heavy atom. The summed E-state index contributed by atoms with van der Waals surface area (Å²) in [6, 6.07) is 0. The molecular weight excluding hydrogens is 398 g/mol. The van der Waals surface area contributed by atoms with Gasteiger partial charge in [0.05, 0.1) is 105 Å². The van der Waals surface area contributed by atoms with Gasteiger partial charge in [-0.1, -0.05) is 0 Å². The van der Waals surface area contributed by atoms with Gasteiger partial charge >= 0.3 is 0 Å². The molecule has 5 N–H and O–H groups in total. The largest absolute Gasteiger partial charge is 0.399 e. The Labute approximate surface area is 180 Å². The van der Waals surface area contributed by atoms with Gasteiger partial charge in [0, 0.05) is 12.8 Å².